The molecular formula is C12H14ClNO3S. The second-order valence-electron chi connectivity index (χ2n) is 5.21. The van der Waals surface area contributed by atoms with Gasteiger partial charge in [-0.3, -0.25) is 4.79 Å². The monoisotopic (exact) mass is 287 g/mol. The average Bonchev–Trinajstić information content (AvgIpc) is 2.16. The lowest BCUT2D eigenvalue weighted by atomic mass is 9.77. The van der Waals surface area contributed by atoms with Gasteiger partial charge in [-0.2, -0.15) is 0 Å². The molecule has 4 nitrogen and oxygen atoms in total. The number of anilines is 1. The van der Waals surface area contributed by atoms with Crippen molar-refractivity contribution in [2.45, 2.75) is 37.5 Å². The van der Waals surface area contributed by atoms with Gasteiger partial charge in [-0.05, 0) is 30.2 Å². The Kier molecular flexibility index (Phi) is 2.94. The first kappa shape index (κ1) is 13.4. The third-order valence-corrected chi connectivity index (χ3v) is 4.52. The molecule has 0 radical (unpaired) electrons. The van der Waals surface area contributed by atoms with Gasteiger partial charge in [0.15, 0.2) is 0 Å². The molecular weight excluding hydrogens is 274 g/mol. The molecule has 0 aliphatic carbocycles. The van der Waals surface area contributed by atoms with E-state index >= 15 is 0 Å². The number of carbonyl (C=O) groups excluding carboxylic acids is 1. The van der Waals surface area contributed by atoms with E-state index in [1.54, 1.807) is 13.0 Å². The molecule has 1 aliphatic rings. The number of benzene rings is 1. The Morgan fingerprint density at radius 1 is 1.33 bits per heavy atom. The van der Waals surface area contributed by atoms with Crippen LogP contribution in [0.2, 0.25) is 0 Å². The molecule has 0 saturated carbocycles. The van der Waals surface area contributed by atoms with E-state index in [9.17, 15) is 13.2 Å². The van der Waals surface area contributed by atoms with Crippen LogP contribution in [0.4, 0.5) is 5.69 Å². The van der Waals surface area contributed by atoms with Crippen LogP contribution >= 0.6 is 10.7 Å². The summed E-state index contributed by atoms with van der Waals surface area (Å²) in [6.45, 7) is 5.58. The van der Waals surface area contributed by atoms with Crippen molar-refractivity contribution < 1.29 is 13.2 Å². The van der Waals surface area contributed by atoms with Crippen LogP contribution in [-0.2, 0) is 19.3 Å². The molecule has 1 aromatic rings. The van der Waals surface area contributed by atoms with Gasteiger partial charge >= 0.3 is 0 Å². The van der Waals surface area contributed by atoms with E-state index in [0.717, 1.165) is 5.56 Å². The maximum absolute atomic E-state index is 11.6. The summed E-state index contributed by atoms with van der Waals surface area (Å²) in [5.41, 5.74) is 1.80. The molecule has 0 bridgehead atoms. The molecule has 1 N–H and O–H groups in total. The van der Waals surface area contributed by atoms with Crippen LogP contribution < -0.4 is 5.32 Å². The number of fused-ring (bicyclic) bond motifs is 1. The molecule has 6 heteroatoms. The smallest absolute Gasteiger partial charge is 0.261 e. The zero-order chi connectivity index (χ0) is 13.7. The normalized spacial score (nSPS) is 18.1. The highest BCUT2D eigenvalue weighted by molar-refractivity contribution is 8.13. The molecule has 0 aromatic heterocycles. The predicted molar refractivity (Wildman–Crippen MR) is 70.5 cm³/mol. The number of nitrogens with one attached hydrogen (secondary N) is 1. The van der Waals surface area contributed by atoms with Gasteiger partial charge in [-0.1, -0.05) is 13.8 Å². The van der Waals surface area contributed by atoms with Crippen LogP contribution in [0.15, 0.2) is 17.0 Å². The van der Waals surface area contributed by atoms with Gasteiger partial charge < -0.3 is 5.32 Å². The molecule has 0 atom stereocenters. The Hall–Kier alpha value is -1.07. The van der Waals surface area contributed by atoms with Gasteiger partial charge in [-0.25, -0.2) is 8.42 Å². The highest BCUT2D eigenvalue weighted by Crippen LogP contribution is 2.40. The number of halogens is 1. The van der Waals surface area contributed by atoms with E-state index in [1.165, 1.54) is 6.07 Å². The standard InChI is InChI=1S/C12H14ClNO3S/c1-7-4-8(18(13,16)17)5-9-11(7)14-10(15)6-12(9,2)3/h4-5H,6H2,1-3H3,(H,14,15). The molecule has 2 rings (SSSR count). The van der Waals surface area contributed by atoms with Crippen LogP contribution in [0.25, 0.3) is 0 Å². The minimum atomic E-state index is -3.76. The highest BCUT2D eigenvalue weighted by Gasteiger charge is 2.34. The van der Waals surface area contributed by atoms with Crippen LogP contribution in [0.3, 0.4) is 0 Å². The van der Waals surface area contributed by atoms with Crippen LogP contribution in [0, 0.1) is 6.92 Å². The largest absolute Gasteiger partial charge is 0.326 e. The molecule has 0 unspecified atom stereocenters. The lowest BCUT2D eigenvalue weighted by Crippen LogP contribution is -2.33. The summed E-state index contributed by atoms with van der Waals surface area (Å²) in [6, 6.07) is 3.02. The Bertz CT molecular complexity index is 635. The van der Waals surface area contributed by atoms with Crippen molar-refractivity contribution in [1.29, 1.82) is 0 Å². The van der Waals surface area contributed by atoms with E-state index in [0.29, 0.717) is 17.7 Å². The quantitative estimate of drug-likeness (QED) is 0.807. The van der Waals surface area contributed by atoms with E-state index in [1.807, 2.05) is 13.8 Å². The summed E-state index contributed by atoms with van der Waals surface area (Å²) in [6.07, 6.45) is 0.325. The second-order valence-corrected chi connectivity index (χ2v) is 7.78. The van der Waals surface area contributed by atoms with Crippen molar-refractivity contribution in [3.63, 3.8) is 0 Å². The maximum atomic E-state index is 11.6. The van der Waals surface area contributed by atoms with Gasteiger partial charge in [-0.15, -0.1) is 0 Å². The van der Waals surface area contributed by atoms with Crippen molar-refractivity contribution in [2.75, 3.05) is 5.32 Å². The van der Waals surface area contributed by atoms with Gasteiger partial charge in [0.2, 0.25) is 5.91 Å². The third kappa shape index (κ3) is 2.24. The number of amides is 1. The fourth-order valence-electron chi connectivity index (χ4n) is 2.27. The van der Waals surface area contributed by atoms with Crippen LogP contribution in [0.5, 0.6) is 0 Å². The summed E-state index contributed by atoms with van der Waals surface area (Å²) in [7, 11) is 1.62. The topological polar surface area (TPSA) is 63.2 Å². The van der Waals surface area contributed by atoms with E-state index < -0.39 is 14.5 Å². The van der Waals surface area contributed by atoms with Gasteiger partial charge in [0.1, 0.15) is 0 Å². The first-order valence-corrected chi connectivity index (χ1v) is 7.82. The van der Waals surface area contributed by atoms with E-state index in [2.05, 4.69) is 5.32 Å². The van der Waals surface area contributed by atoms with Crippen LogP contribution in [0.1, 0.15) is 31.4 Å². The second kappa shape index (κ2) is 3.96. The molecule has 18 heavy (non-hydrogen) atoms. The predicted octanol–water partition coefficient (Wildman–Crippen LogP) is 2.54. The van der Waals surface area contributed by atoms with Gasteiger partial charge in [0.25, 0.3) is 9.05 Å². The summed E-state index contributed by atoms with van der Waals surface area (Å²) in [5, 5.41) is 2.79. The summed E-state index contributed by atoms with van der Waals surface area (Å²) < 4.78 is 22.8. The molecule has 1 heterocycles. The summed E-state index contributed by atoms with van der Waals surface area (Å²) in [5.74, 6) is -0.0583. The van der Waals surface area contributed by atoms with E-state index in [4.69, 9.17) is 10.7 Å². The lowest BCUT2D eigenvalue weighted by Gasteiger charge is -2.33. The van der Waals surface area contributed by atoms with Crippen molar-refractivity contribution in [2.24, 2.45) is 0 Å². The molecule has 1 amide bonds. The molecule has 0 fully saturated rings. The lowest BCUT2D eigenvalue weighted by molar-refractivity contribution is -0.117. The molecule has 1 aliphatic heterocycles. The number of aryl methyl sites for hydroxylation is 1. The molecule has 0 spiro atoms. The first-order valence-electron chi connectivity index (χ1n) is 5.51. The average molecular weight is 288 g/mol. The van der Waals surface area contributed by atoms with Gasteiger partial charge in [0, 0.05) is 28.2 Å². The minimum Gasteiger partial charge on any atom is -0.326 e. The fraction of sp³-hybridized carbons (Fsp3) is 0.417. The van der Waals surface area contributed by atoms with Crippen molar-refractivity contribution in [1.82, 2.24) is 0 Å². The fourth-order valence-corrected chi connectivity index (χ4v) is 3.12. The zero-order valence-electron chi connectivity index (χ0n) is 10.4. The third-order valence-electron chi connectivity index (χ3n) is 3.19. The minimum absolute atomic E-state index is 0.0583. The zero-order valence-corrected chi connectivity index (χ0v) is 11.9. The Morgan fingerprint density at radius 2 is 1.94 bits per heavy atom. The maximum Gasteiger partial charge on any atom is 0.261 e. The van der Waals surface area contributed by atoms with Crippen molar-refractivity contribution in [3.05, 3.63) is 23.3 Å². The number of rotatable bonds is 1. The molecule has 0 saturated heterocycles. The van der Waals surface area contributed by atoms with Crippen LogP contribution in [-0.4, -0.2) is 14.3 Å². The van der Waals surface area contributed by atoms with Crippen molar-refractivity contribution >= 4 is 31.3 Å². The Balaban J connectivity index is 2.74. The summed E-state index contributed by atoms with van der Waals surface area (Å²) >= 11 is 0. The number of hydrogen-bond acceptors (Lipinski definition) is 3. The SMILES string of the molecule is Cc1cc(S(=O)(=O)Cl)cc2c1NC(=O)CC2(C)C. The molecule has 98 valence electrons. The van der Waals surface area contributed by atoms with Gasteiger partial charge in [0.05, 0.1) is 4.90 Å². The Labute approximate surface area is 111 Å². The molecule has 1 aromatic carbocycles. The van der Waals surface area contributed by atoms with E-state index in [-0.39, 0.29) is 10.8 Å². The number of carbonyl (C=O) groups is 1. The summed E-state index contributed by atoms with van der Waals surface area (Å²) in [4.78, 5) is 11.7. The Morgan fingerprint density at radius 3 is 2.50 bits per heavy atom. The highest BCUT2D eigenvalue weighted by atomic mass is 35.7. The first-order chi connectivity index (χ1) is 8.11. The van der Waals surface area contributed by atoms with Crippen molar-refractivity contribution in [3.8, 4) is 0 Å². The number of hydrogen-bond donors (Lipinski definition) is 1.